The van der Waals surface area contributed by atoms with Crippen LogP contribution < -0.4 is 10.6 Å². The highest BCUT2D eigenvalue weighted by molar-refractivity contribution is 6.36. The maximum Gasteiger partial charge on any atom is 0.310 e. The first kappa shape index (κ1) is 19.8. The Morgan fingerprint density at radius 1 is 0.962 bits per heavy atom. The number of hydrogen-bond acceptors (Lipinski definition) is 4. The third kappa shape index (κ3) is 6.06. The van der Waals surface area contributed by atoms with Crippen molar-refractivity contribution in [2.24, 2.45) is 0 Å². The molecule has 136 valence electrons. The summed E-state index contributed by atoms with van der Waals surface area (Å²) in [6.45, 7) is 0.932. The third-order valence-corrected chi connectivity index (χ3v) is 3.92. The summed E-state index contributed by atoms with van der Waals surface area (Å²) >= 11 is 12.0. The number of anilines is 2. The first-order valence-electron chi connectivity index (χ1n) is 7.61. The smallest absolute Gasteiger partial charge is 0.310 e. The van der Waals surface area contributed by atoms with Gasteiger partial charge in [0, 0.05) is 33.9 Å². The molecule has 0 saturated heterocycles. The van der Waals surface area contributed by atoms with Crippen molar-refractivity contribution >= 4 is 52.4 Å². The molecule has 0 heterocycles. The molecule has 0 atom stereocenters. The summed E-state index contributed by atoms with van der Waals surface area (Å²) in [7, 11) is 0. The molecule has 6 nitrogen and oxygen atoms in total. The van der Waals surface area contributed by atoms with Crippen LogP contribution in [0.5, 0.6) is 0 Å². The quantitative estimate of drug-likeness (QED) is 0.731. The van der Waals surface area contributed by atoms with Gasteiger partial charge in [-0.15, -0.1) is 0 Å². The van der Waals surface area contributed by atoms with Crippen LogP contribution in [-0.2, 0) is 25.5 Å². The van der Waals surface area contributed by atoms with Crippen molar-refractivity contribution in [1.29, 1.82) is 0 Å². The largest absolute Gasteiger partial charge is 0.455 e. The molecule has 0 aromatic heterocycles. The highest BCUT2D eigenvalue weighted by Crippen LogP contribution is 2.24. The molecular formula is C18H16Cl2N2O4. The van der Waals surface area contributed by atoms with E-state index in [1.807, 2.05) is 0 Å². The van der Waals surface area contributed by atoms with E-state index in [4.69, 9.17) is 27.9 Å². The topological polar surface area (TPSA) is 84.5 Å². The lowest BCUT2D eigenvalue weighted by atomic mass is 10.1. The van der Waals surface area contributed by atoms with E-state index in [1.165, 1.54) is 6.92 Å². The lowest BCUT2D eigenvalue weighted by Crippen LogP contribution is -2.21. The highest BCUT2D eigenvalue weighted by atomic mass is 35.5. The van der Waals surface area contributed by atoms with Gasteiger partial charge in [0.15, 0.2) is 6.61 Å². The molecule has 0 aliphatic heterocycles. The minimum atomic E-state index is -0.623. The van der Waals surface area contributed by atoms with Gasteiger partial charge in [0.25, 0.3) is 5.91 Å². The van der Waals surface area contributed by atoms with Crippen LogP contribution >= 0.6 is 23.2 Å². The lowest BCUT2D eigenvalue weighted by Gasteiger charge is -2.09. The fraction of sp³-hybridized carbons (Fsp3) is 0.167. The number of rotatable bonds is 6. The van der Waals surface area contributed by atoms with Crippen molar-refractivity contribution in [1.82, 2.24) is 0 Å². The van der Waals surface area contributed by atoms with E-state index in [0.29, 0.717) is 27.0 Å². The molecule has 0 unspecified atom stereocenters. The Bertz CT molecular complexity index is 819. The average Bonchev–Trinajstić information content (AvgIpc) is 2.56. The Labute approximate surface area is 160 Å². The second-order valence-corrected chi connectivity index (χ2v) is 6.16. The van der Waals surface area contributed by atoms with E-state index in [2.05, 4.69) is 10.6 Å². The number of hydrogen-bond donors (Lipinski definition) is 2. The minimum Gasteiger partial charge on any atom is -0.455 e. The van der Waals surface area contributed by atoms with Gasteiger partial charge in [-0.3, -0.25) is 14.4 Å². The fourth-order valence-corrected chi connectivity index (χ4v) is 2.65. The SMILES string of the molecule is CC(=O)Nc1cccc(NC(=O)COC(=O)Cc2c(Cl)cccc2Cl)c1. The van der Waals surface area contributed by atoms with Crippen molar-refractivity contribution in [3.8, 4) is 0 Å². The molecule has 0 spiro atoms. The second-order valence-electron chi connectivity index (χ2n) is 5.35. The predicted octanol–water partition coefficient (Wildman–Crippen LogP) is 3.68. The number of amides is 2. The molecule has 0 radical (unpaired) electrons. The molecule has 0 aliphatic carbocycles. The fourth-order valence-electron chi connectivity index (χ4n) is 2.12. The number of benzene rings is 2. The maximum atomic E-state index is 11.9. The monoisotopic (exact) mass is 394 g/mol. The van der Waals surface area contributed by atoms with Gasteiger partial charge >= 0.3 is 5.97 Å². The van der Waals surface area contributed by atoms with Crippen LogP contribution in [0.15, 0.2) is 42.5 Å². The second kappa shape index (κ2) is 9.22. The van der Waals surface area contributed by atoms with Crippen LogP contribution in [-0.4, -0.2) is 24.4 Å². The van der Waals surface area contributed by atoms with Gasteiger partial charge in [-0.1, -0.05) is 35.3 Å². The number of ether oxygens (including phenoxy) is 1. The molecule has 0 saturated carbocycles. The standard InChI is InChI=1S/C18H16Cl2N2O4/c1-11(23)21-12-4-2-5-13(8-12)22-17(24)10-26-18(25)9-14-15(19)6-3-7-16(14)20/h2-8H,9-10H2,1H3,(H,21,23)(H,22,24). The summed E-state index contributed by atoms with van der Waals surface area (Å²) in [6, 6.07) is 11.5. The Hall–Kier alpha value is -2.57. The minimum absolute atomic E-state index is 0.135. The highest BCUT2D eigenvalue weighted by Gasteiger charge is 2.13. The van der Waals surface area contributed by atoms with Gasteiger partial charge < -0.3 is 15.4 Å². The third-order valence-electron chi connectivity index (χ3n) is 3.21. The Morgan fingerprint density at radius 2 is 1.54 bits per heavy atom. The van der Waals surface area contributed by atoms with E-state index in [-0.39, 0.29) is 12.3 Å². The summed E-state index contributed by atoms with van der Waals surface area (Å²) in [5, 5.41) is 5.89. The summed E-state index contributed by atoms with van der Waals surface area (Å²) in [5.41, 5.74) is 1.45. The molecule has 2 aromatic rings. The van der Waals surface area contributed by atoms with Gasteiger partial charge in [-0.05, 0) is 30.3 Å². The van der Waals surface area contributed by atoms with Crippen molar-refractivity contribution < 1.29 is 19.1 Å². The first-order valence-corrected chi connectivity index (χ1v) is 8.37. The Balaban J connectivity index is 1.87. The van der Waals surface area contributed by atoms with Crippen molar-refractivity contribution in [2.45, 2.75) is 13.3 Å². The number of carbonyl (C=O) groups is 3. The van der Waals surface area contributed by atoms with E-state index in [9.17, 15) is 14.4 Å². The average molecular weight is 395 g/mol. The number of nitrogens with one attached hydrogen (secondary N) is 2. The van der Waals surface area contributed by atoms with Crippen LogP contribution in [0.25, 0.3) is 0 Å². The molecule has 2 N–H and O–H groups in total. The van der Waals surface area contributed by atoms with E-state index < -0.39 is 18.5 Å². The maximum absolute atomic E-state index is 11.9. The molecule has 0 bridgehead atoms. The summed E-state index contributed by atoms with van der Waals surface area (Å²) in [4.78, 5) is 34.8. The number of halogens is 2. The number of carbonyl (C=O) groups excluding carboxylic acids is 3. The van der Waals surface area contributed by atoms with E-state index >= 15 is 0 Å². The zero-order valence-electron chi connectivity index (χ0n) is 13.8. The van der Waals surface area contributed by atoms with Crippen LogP contribution in [0, 0.1) is 0 Å². The summed E-state index contributed by atoms with van der Waals surface area (Å²) in [5.74, 6) is -1.36. The van der Waals surface area contributed by atoms with E-state index in [1.54, 1.807) is 42.5 Å². The molecule has 0 fully saturated rings. The van der Waals surface area contributed by atoms with Gasteiger partial charge in [0.2, 0.25) is 5.91 Å². The molecule has 2 amide bonds. The molecule has 2 aromatic carbocycles. The van der Waals surface area contributed by atoms with Gasteiger partial charge in [-0.2, -0.15) is 0 Å². The zero-order valence-corrected chi connectivity index (χ0v) is 15.4. The predicted molar refractivity (Wildman–Crippen MR) is 101 cm³/mol. The molecule has 0 aliphatic rings. The van der Waals surface area contributed by atoms with Crippen LogP contribution in [0.4, 0.5) is 11.4 Å². The lowest BCUT2D eigenvalue weighted by molar-refractivity contribution is -0.146. The van der Waals surface area contributed by atoms with Gasteiger partial charge in [-0.25, -0.2) is 0 Å². The van der Waals surface area contributed by atoms with Crippen molar-refractivity contribution in [3.63, 3.8) is 0 Å². The normalized spacial score (nSPS) is 10.1. The molecule has 2 rings (SSSR count). The zero-order chi connectivity index (χ0) is 19.1. The van der Waals surface area contributed by atoms with Crippen molar-refractivity contribution in [2.75, 3.05) is 17.2 Å². The van der Waals surface area contributed by atoms with Gasteiger partial charge in [0.1, 0.15) is 0 Å². The van der Waals surface area contributed by atoms with Crippen LogP contribution in [0.1, 0.15) is 12.5 Å². The van der Waals surface area contributed by atoms with Crippen LogP contribution in [0.3, 0.4) is 0 Å². The first-order chi connectivity index (χ1) is 12.3. The van der Waals surface area contributed by atoms with Crippen LogP contribution in [0.2, 0.25) is 10.0 Å². The molecule has 8 heteroatoms. The Kier molecular flexibility index (Phi) is 7.00. The molecular weight excluding hydrogens is 379 g/mol. The molecule has 26 heavy (non-hydrogen) atoms. The van der Waals surface area contributed by atoms with Gasteiger partial charge in [0.05, 0.1) is 6.42 Å². The van der Waals surface area contributed by atoms with E-state index in [0.717, 1.165) is 0 Å². The summed E-state index contributed by atoms with van der Waals surface area (Å²) < 4.78 is 4.95. The number of esters is 1. The Morgan fingerprint density at radius 3 is 2.15 bits per heavy atom. The van der Waals surface area contributed by atoms with Crippen molar-refractivity contribution in [3.05, 3.63) is 58.1 Å². The summed E-state index contributed by atoms with van der Waals surface area (Å²) in [6.07, 6.45) is -0.135.